The van der Waals surface area contributed by atoms with Crippen LogP contribution in [-0.4, -0.2) is 15.5 Å². The van der Waals surface area contributed by atoms with Gasteiger partial charge in [0.2, 0.25) is 5.91 Å². The van der Waals surface area contributed by atoms with Gasteiger partial charge in [-0.05, 0) is 30.7 Å². The number of imidazole rings is 1. The van der Waals surface area contributed by atoms with Crippen LogP contribution >= 0.6 is 0 Å². The molecule has 3 aromatic rings. The number of benzene rings is 2. The van der Waals surface area contributed by atoms with Gasteiger partial charge in [0, 0.05) is 12.1 Å². The molecule has 0 radical (unpaired) electrons. The first-order valence-electron chi connectivity index (χ1n) is 7.13. The Morgan fingerprint density at radius 2 is 1.76 bits per heavy atom. The van der Waals surface area contributed by atoms with Crippen LogP contribution in [0.3, 0.4) is 0 Å². The van der Waals surface area contributed by atoms with Gasteiger partial charge in [0.1, 0.15) is 6.17 Å². The molecule has 1 saturated heterocycles. The molecule has 1 unspecified atom stereocenters. The molecule has 1 aliphatic rings. The van der Waals surface area contributed by atoms with E-state index in [0.29, 0.717) is 6.42 Å². The number of fused-ring (bicyclic) bond motifs is 1. The van der Waals surface area contributed by atoms with Crippen LogP contribution in [0.5, 0.6) is 0 Å². The Bertz CT molecular complexity index is 794. The average Bonchev–Trinajstić information content (AvgIpc) is 3.11. The van der Waals surface area contributed by atoms with E-state index in [4.69, 9.17) is 0 Å². The number of carbonyl (C=O) groups excluding carboxylic acids is 1. The topological polar surface area (TPSA) is 38.1 Å². The molecule has 4 rings (SSSR count). The maximum absolute atomic E-state index is 12.3. The molecule has 1 aliphatic heterocycles. The first kappa shape index (κ1) is 12.1. The van der Waals surface area contributed by atoms with E-state index in [1.807, 2.05) is 65.8 Å². The van der Waals surface area contributed by atoms with Crippen LogP contribution in [0.1, 0.15) is 19.0 Å². The minimum Gasteiger partial charge on any atom is -0.309 e. The summed E-state index contributed by atoms with van der Waals surface area (Å²) in [6.45, 7) is 0. The van der Waals surface area contributed by atoms with Crippen molar-refractivity contribution < 1.29 is 4.79 Å². The molecule has 1 amide bonds. The van der Waals surface area contributed by atoms with Crippen molar-refractivity contribution in [1.82, 2.24) is 9.55 Å². The van der Waals surface area contributed by atoms with Crippen molar-refractivity contribution in [3.63, 3.8) is 0 Å². The van der Waals surface area contributed by atoms with Gasteiger partial charge in [-0.15, -0.1) is 0 Å². The first-order chi connectivity index (χ1) is 10.3. The zero-order chi connectivity index (χ0) is 14.2. The molecule has 2 aromatic carbocycles. The molecule has 2 heterocycles. The van der Waals surface area contributed by atoms with Crippen molar-refractivity contribution in [2.24, 2.45) is 0 Å². The van der Waals surface area contributed by atoms with Gasteiger partial charge >= 0.3 is 0 Å². The number of hydrogen-bond acceptors (Lipinski definition) is 2. The molecule has 1 aromatic heterocycles. The van der Waals surface area contributed by atoms with E-state index >= 15 is 0 Å². The molecule has 1 atom stereocenters. The number of para-hydroxylation sites is 3. The summed E-state index contributed by atoms with van der Waals surface area (Å²) in [5.74, 6) is 0.170. The van der Waals surface area contributed by atoms with Crippen molar-refractivity contribution in [2.75, 3.05) is 4.90 Å². The van der Waals surface area contributed by atoms with Crippen LogP contribution < -0.4 is 4.90 Å². The number of aromatic nitrogens is 2. The Labute approximate surface area is 122 Å². The summed E-state index contributed by atoms with van der Waals surface area (Å²) in [4.78, 5) is 18.6. The highest BCUT2D eigenvalue weighted by atomic mass is 16.2. The van der Waals surface area contributed by atoms with Gasteiger partial charge in [0.15, 0.2) is 0 Å². The lowest BCUT2D eigenvalue weighted by atomic mass is 10.2. The lowest BCUT2D eigenvalue weighted by Gasteiger charge is -2.26. The fourth-order valence-electron chi connectivity index (χ4n) is 3.05. The van der Waals surface area contributed by atoms with E-state index in [1.54, 1.807) is 0 Å². The minimum absolute atomic E-state index is 0.00676. The maximum Gasteiger partial charge on any atom is 0.228 e. The van der Waals surface area contributed by atoms with E-state index in [0.717, 1.165) is 23.1 Å². The second kappa shape index (κ2) is 4.74. The zero-order valence-corrected chi connectivity index (χ0v) is 11.5. The fraction of sp³-hybridized carbons (Fsp3) is 0.176. The van der Waals surface area contributed by atoms with Gasteiger partial charge in [0.05, 0.1) is 17.4 Å². The Kier molecular flexibility index (Phi) is 2.74. The van der Waals surface area contributed by atoms with Gasteiger partial charge in [-0.2, -0.15) is 0 Å². The highest BCUT2D eigenvalue weighted by Crippen LogP contribution is 2.34. The normalized spacial score (nSPS) is 18.6. The number of hydrogen-bond donors (Lipinski definition) is 0. The largest absolute Gasteiger partial charge is 0.309 e. The highest BCUT2D eigenvalue weighted by molar-refractivity contribution is 5.96. The molecule has 4 nitrogen and oxygen atoms in total. The van der Waals surface area contributed by atoms with E-state index < -0.39 is 0 Å². The third-order valence-electron chi connectivity index (χ3n) is 4.02. The van der Waals surface area contributed by atoms with Crippen LogP contribution in [0.4, 0.5) is 5.69 Å². The lowest BCUT2D eigenvalue weighted by molar-refractivity contribution is -0.117. The fourth-order valence-corrected chi connectivity index (χ4v) is 3.05. The summed E-state index contributed by atoms with van der Waals surface area (Å²) in [5, 5.41) is 0. The van der Waals surface area contributed by atoms with E-state index in [2.05, 4.69) is 9.55 Å². The van der Waals surface area contributed by atoms with Gasteiger partial charge < -0.3 is 4.57 Å². The smallest absolute Gasteiger partial charge is 0.228 e. The van der Waals surface area contributed by atoms with E-state index in [-0.39, 0.29) is 12.1 Å². The molecule has 104 valence electrons. The molecule has 0 N–H and O–H groups in total. The summed E-state index contributed by atoms with van der Waals surface area (Å²) < 4.78 is 2.10. The number of nitrogens with zero attached hydrogens (tertiary/aromatic N) is 3. The molecule has 0 saturated carbocycles. The number of amides is 1. The minimum atomic E-state index is 0.00676. The average molecular weight is 277 g/mol. The third-order valence-corrected chi connectivity index (χ3v) is 4.02. The quantitative estimate of drug-likeness (QED) is 0.720. The zero-order valence-electron chi connectivity index (χ0n) is 11.5. The number of anilines is 1. The highest BCUT2D eigenvalue weighted by Gasteiger charge is 2.33. The molecule has 0 aliphatic carbocycles. The summed E-state index contributed by atoms with van der Waals surface area (Å²) >= 11 is 0. The number of rotatable bonds is 2. The van der Waals surface area contributed by atoms with Crippen LogP contribution in [0, 0.1) is 0 Å². The number of carbonyl (C=O) groups is 1. The van der Waals surface area contributed by atoms with E-state index in [1.165, 1.54) is 0 Å². The van der Waals surface area contributed by atoms with Crippen molar-refractivity contribution in [2.45, 2.75) is 19.0 Å². The van der Waals surface area contributed by atoms with Gasteiger partial charge in [-0.25, -0.2) is 4.98 Å². The lowest BCUT2D eigenvalue weighted by Crippen LogP contribution is -2.30. The van der Waals surface area contributed by atoms with Crippen LogP contribution in [0.25, 0.3) is 11.0 Å². The summed E-state index contributed by atoms with van der Waals surface area (Å²) in [6, 6.07) is 17.9. The Morgan fingerprint density at radius 1 is 1.00 bits per heavy atom. The van der Waals surface area contributed by atoms with E-state index in [9.17, 15) is 4.79 Å². The third kappa shape index (κ3) is 1.91. The summed E-state index contributed by atoms with van der Waals surface area (Å²) in [6.07, 6.45) is 3.23. The predicted octanol–water partition coefficient (Wildman–Crippen LogP) is 3.36. The molecular weight excluding hydrogens is 262 g/mol. The molecule has 0 bridgehead atoms. The first-order valence-corrected chi connectivity index (χ1v) is 7.13. The molecule has 0 spiro atoms. The van der Waals surface area contributed by atoms with Crippen LogP contribution in [0.2, 0.25) is 0 Å². The Morgan fingerprint density at radius 3 is 2.62 bits per heavy atom. The van der Waals surface area contributed by atoms with Crippen molar-refractivity contribution >= 4 is 22.6 Å². The SMILES string of the molecule is O=C1CCC(n2cnc3ccccc32)N1c1ccccc1. The Hall–Kier alpha value is -2.62. The Balaban J connectivity index is 1.82. The maximum atomic E-state index is 12.3. The second-order valence-corrected chi connectivity index (χ2v) is 5.26. The van der Waals surface area contributed by atoms with Gasteiger partial charge in [-0.3, -0.25) is 9.69 Å². The van der Waals surface area contributed by atoms with Crippen molar-refractivity contribution in [3.05, 3.63) is 60.9 Å². The molecule has 4 heteroatoms. The summed E-state index contributed by atoms with van der Waals surface area (Å²) in [5.41, 5.74) is 2.98. The molecule has 1 fully saturated rings. The van der Waals surface area contributed by atoms with Crippen molar-refractivity contribution in [3.8, 4) is 0 Å². The van der Waals surface area contributed by atoms with Gasteiger partial charge in [-0.1, -0.05) is 30.3 Å². The summed E-state index contributed by atoms with van der Waals surface area (Å²) in [7, 11) is 0. The van der Waals surface area contributed by atoms with Crippen LogP contribution in [0.15, 0.2) is 60.9 Å². The molecule has 21 heavy (non-hydrogen) atoms. The standard InChI is InChI=1S/C17H15N3O/c21-17-11-10-16(20(17)13-6-2-1-3-7-13)19-12-18-14-8-4-5-9-15(14)19/h1-9,12,16H,10-11H2. The van der Waals surface area contributed by atoms with Gasteiger partial charge in [0.25, 0.3) is 0 Å². The molecular formula is C17H15N3O. The monoisotopic (exact) mass is 277 g/mol. The predicted molar refractivity (Wildman–Crippen MR) is 81.9 cm³/mol. The second-order valence-electron chi connectivity index (χ2n) is 5.26. The van der Waals surface area contributed by atoms with Crippen molar-refractivity contribution in [1.29, 1.82) is 0 Å². The van der Waals surface area contributed by atoms with Crippen LogP contribution in [-0.2, 0) is 4.79 Å².